The van der Waals surface area contributed by atoms with Gasteiger partial charge in [0.05, 0.1) is 13.7 Å². The van der Waals surface area contributed by atoms with Crippen molar-refractivity contribution in [2.45, 2.75) is 33.1 Å². The number of ether oxygens (including phenoxy) is 2. The molecule has 0 N–H and O–H groups in total. The summed E-state index contributed by atoms with van der Waals surface area (Å²) in [5, 5.41) is 2.20. The van der Waals surface area contributed by atoms with Crippen LogP contribution in [0.25, 0.3) is 33.0 Å². The zero-order chi connectivity index (χ0) is 27.9. The minimum absolute atomic E-state index is 0.258. The fourth-order valence-corrected chi connectivity index (χ4v) is 4.68. The lowest BCUT2D eigenvalue weighted by Gasteiger charge is -2.09. The van der Waals surface area contributed by atoms with Crippen molar-refractivity contribution in [3.8, 4) is 45.6 Å². The predicted octanol–water partition coefficient (Wildman–Crippen LogP) is 9.46. The van der Waals surface area contributed by atoms with E-state index in [0.717, 1.165) is 70.2 Å². The summed E-state index contributed by atoms with van der Waals surface area (Å²) in [7, 11) is 1.55. The number of benzene rings is 5. The first-order chi connectivity index (χ1) is 19.6. The van der Waals surface area contributed by atoms with E-state index >= 15 is 4.39 Å². The summed E-state index contributed by atoms with van der Waals surface area (Å²) in [6.45, 7) is 5.02. The van der Waals surface area contributed by atoms with Crippen molar-refractivity contribution >= 4 is 10.8 Å². The van der Waals surface area contributed by atoms with Crippen molar-refractivity contribution in [2.24, 2.45) is 0 Å². The van der Waals surface area contributed by atoms with Gasteiger partial charge in [0.1, 0.15) is 22.9 Å². The molecule has 0 aliphatic carbocycles. The third-order valence-electron chi connectivity index (χ3n) is 7.10. The zero-order valence-electron chi connectivity index (χ0n) is 23.3. The van der Waals surface area contributed by atoms with Crippen LogP contribution in [0.15, 0.2) is 97.1 Å². The van der Waals surface area contributed by atoms with Crippen LogP contribution in [0.1, 0.15) is 43.4 Å². The van der Waals surface area contributed by atoms with E-state index in [2.05, 4.69) is 74.2 Å². The fraction of sp³-hybridized carbons (Fsp3) is 0.189. The maximum Gasteiger partial charge on any atom is 0.143 e. The first kappa shape index (κ1) is 27.0. The van der Waals surface area contributed by atoms with Gasteiger partial charge >= 0.3 is 0 Å². The molecule has 0 radical (unpaired) electrons. The first-order valence-electron chi connectivity index (χ1n) is 13.8. The van der Waals surface area contributed by atoms with E-state index in [-0.39, 0.29) is 5.56 Å². The molecule has 5 rings (SSSR count). The summed E-state index contributed by atoms with van der Waals surface area (Å²) in [5.74, 6) is 7.07. The van der Waals surface area contributed by atoms with Gasteiger partial charge in [-0.25, -0.2) is 4.39 Å². The second-order valence-electron chi connectivity index (χ2n) is 9.84. The highest BCUT2D eigenvalue weighted by molar-refractivity contribution is 5.88. The molecule has 0 fully saturated rings. The molecule has 0 aromatic heterocycles. The molecule has 3 heteroatoms. The quantitative estimate of drug-likeness (QED) is 0.147. The number of aryl methyl sites for hydroxylation is 1. The molecule has 0 aliphatic rings. The average molecular weight is 529 g/mol. The second kappa shape index (κ2) is 12.5. The molecule has 5 aromatic carbocycles. The lowest BCUT2D eigenvalue weighted by Crippen LogP contribution is -1.95. The first-order valence-corrected chi connectivity index (χ1v) is 13.8. The van der Waals surface area contributed by atoms with Crippen molar-refractivity contribution in [1.82, 2.24) is 0 Å². The van der Waals surface area contributed by atoms with E-state index in [9.17, 15) is 0 Å². The third kappa shape index (κ3) is 6.19. The van der Waals surface area contributed by atoms with Crippen LogP contribution in [0.3, 0.4) is 0 Å². The van der Waals surface area contributed by atoms with E-state index in [0.29, 0.717) is 5.75 Å². The Hall–Kier alpha value is -4.55. The van der Waals surface area contributed by atoms with Crippen molar-refractivity contribution in [3.63, 3.8) is 0 Å². The Bertz CT molecular complexity index is 1670. The molecule has 0 bridgehead atoms. The van der Waals surface area contributed by atoms with Crippen LogP contribution in [0.5, 0.6) is 11.5 Å². The van der Waals surface area contributed by atoms with Gasteiger partial charge in [0, 0.05) is 5.56 Å². The summed E-state index contributed by atoms with van der Waals surface area (Å²) in [6.07, 6.45) is 3.14. The van der Waals surface area contributed by atoms with Crippen molar-refractivity contribution in [3.05, 3.63) is 120 Å². The van der Waals surface area contributed by atoms with Gasteiger partial charge in [0.15, 0.2) is 0 Å². The van der Waals surface area contributed by atoms with E-state index < -0.39 is 5.82 Å². The molecule has 0 atom stereocenters. The number of halogens is 1. The summed E-state index contributed by atoms with van der Waals surface area (Å²) in [4.78, 5) is 0. The number of methoxy groups -OCH3 is 1. The molecule has 0 saturated heterocycles. The van der Waals surface area contributed by atoms with Gasteiger partial charge in [-0.1, -0.05) is 86.7 Å². The summed E-state index contributed by atoms with van der Waals surface area (Å²) >= 11 is 0. The molecule has 0 heterocycles. The lowest BCUT2D eigenvalue weighted by molar-refractivity contribution is 0.309. The Morgan fingerprint density at radius 3 is 2.08 bits per heavy atom. The van der Waals surface area contributed by atoms with Gasteiger partial charge in [0.2, 0.25) is 0 Å². The largest absolute Gasteiger partial charge is 0.495 e. The maximum absolute atomic E-state index is 15.2. The number of unbranched alkanes of at least 4 members (excludes halogenated alkanes) is 1. The molecule has 0 spiro atoms. The molecule has 5 aromatic rings. The van der Waals surface area contributed by atoms with E-state index in [1.807, 2.05) is 42.5 Å². The Morgan fingerprint density at radius 1 is 0.675 bits per heavy atom. The molecular weight excluding hydrogens is 495 g/mol. The zero-order valence-corrected chi connectivity index (χ0v) is 23.3. The SMILES string of the molecule is CCCCOc1ccc(-c2ccc3cc(C#Cc4c(F)cc(-c5ccc(CC)cc5)cc4OC)ccc3c2)cc1. The van der Waals surface area contributed by atoms with Gasteiger partial charge in [-0.15, -0.1) is 0 Å². The van der Waals surface area contributed by atoms with Crippen LogP contribution in [0.2, 0.25) is 0 Å². The van der Waals surface area contributed by atoms with E-state index in [4.69, 9.17) is 9.47 Å². The number of rotatable bonds is 8. The van der Waals surface area contributed by atoms with Crippen molar-refractivity contribution in [2.75, 3.05) is 13.7 Å². The van der Waals surface area contributed by atoms with Crippen LogP contribution >= 0.6 is 0 Å². The van der Waals surface area contributed by atoms with Crippen LogP contribution in [-0.2, 0) is 6.42 Å². The van der Waals surface area contributed by atoms with Crippen molar-refractivity contribution < 1.29 is 13.9 Å². The van der Waals surface area contributed by atoms with Crippen LogP contribution < -0.4 is 9.47 Å². The highest BCUT2D eigenvalue weighted by Crippen LogP contribution is 2.30. The van der Waals surface area contributed by atoms with Gasteiger partial charge < -0.3 is 9.47 Å². The second-order valence-corrected chi connectivity index (χ2v) is 9.84. The molecule has 0 aliphatic heterocycles. The highest BCUT2D eigenvalue weighted by atomic mass is 19.1. The Morgan fingerprint density at radius 2 is 1.35 bits per heavy atom. The van der Waals surface area contributed by atoms with Gasteiger partial charge in [-0.3, -0.25) is 0 Å². The fourth-order valence-electron chi connectivity index (χ4n) is 4.68. The predicted molar refractivity (Wildman–Crippen MR) is 164 cm³/mol. The minimum Gasteiger partial charge on any atom is -0.495 e. The van der Waals surface area contributed by atoms with Crippen LogP contribution in [0.4, 0.5) is 4.39 Å². The maximum atomic E-state index is 15.2. The molecule has 2 nitrogen and oxygen atoms in total. The molecule has 0 unspecified atom stereocenters. The standard InChI is InChI=1S/C37H33FO2/c1-4-6-21-40-34-18-16-28(17-19-34)31-15-14-30-22-27(9-13-32(30)23-31)10-20-35-36(38)24-33(25-37(35)39-3)29-11-7-26(5-2)8-12-29/h7-9,11-19,22-25H,4-6,21H2,1-3H3. The summed E-state index contributed by atoms with van der Waals surface area (Å²) in [6, 6.07) is 32.2. The average Bonchev–Trinajstić information content (AvgIpc) is 3.00. The number of hydrogen-bond acceptors (Lipinski definition) is 2. The smallest absolute Gasteiger partial charge is 0.143 e. The van der Waals surface area contributed by atoms with Crippen molar-refractivity contribution in [1.29, 1.82) is 0 Å². The van der Waals surface area contributed by atoms with Gasteiger partial charge in [-0.2, -0.15) is 0 Å². The third-order valence-corrected chi connectivity index (χ3v) is 7.10. The Kier molecular flexibility index (Phi) is 8.47. The molecule has 40 heavy (non-hydrogen) atoms. The molecule has 200 valence electrons. The minimum atomic E-state index is -0.395. The van der Waals surface area contributed by atoms with Crippen LogP contribution in [0, 0.1) is 17.7 Å². The lowest BCUT2D eigenvalue weighted by atomic mass is 9.99. The summed E-state index contributed by atoms with van der Waals surface area (Å²) < 4.78 is 26.5. The topological polar surface area (TPSA) is 18.5 Å². The monoisotopic (exact) mass is 528 g/mol. The van der Waals surface area contributed by atoms with E-state index in [1.165, 1.54) is 11.6 Å². The molecule has 0 amide bonds. The Balaban J connectivity index is 1.37. The Labute approximate surface area is 236 Å². The highest BCUT2D eigenvalue weighted by Gasteiger charge is 2.11. The summed E-state index contributed by atoms with van der Waals surface area (Å²) in [5.41, 5.74) is 6.31. The molecular formula is C37H33FO2. The van der Waals surface area contributed by atoms with E-state index in [1.54, 1.807) is 7.11 Å². The molecule has 0 saturated carbocycles. The van der Waals surface area contributed by atoms with Crippen LogP contribution in [-0.4, -0.2) is 13.7 Å². The van der Waals surface area contributed by atoms with Gasteiger partial charge in [-0.05, 0) is 93.9 Å². The normalized spacial score (nSPS) is 10.7. The number of hydrogen-bond donors (Lipinski definition) is 0. The number of fused-ring (bicyclic) bond motifs is 1. The van der Waals surface area contributed by atoms with Gasteiger partial charge in [0.25, 0.3) is 0 Å².